The van der Waals surface area contributed by atoms with E-state index in [1.165, 1.54) is 4.40 Å². The number of fused-ring (bicyclic) bond motifs is 4. The second-order valence-corrected chi connectivity index (χ2v) is 14.9. The molecule has 11 aromatic rings. The fourth-order valence-electron chi connectivity index (χ4n) is 8.50. The largest absolute Gasteiger partial charge is 0.461 e. The Labute approximate surface area is 333 Å². The van der Waals surface area contributed by atoms with Crippen LogP contribution in [0.25, 0.3) is 105 Å². The lowest BCUT2D eigenvalue weighted by atomic mass is 9.92. The van der Waals surface area contributed by atoms with E-state index in [2.05, 4.69) is 115 Å². The van der Waals surface area contributed by atoms with Crippen LogP contribution in [-0.2, 0) is 0 Å². The summed E-state index contributed by atoms with van der Waals surface area (Å²) >= 11 is 0. The third kappa shape index (κ3) is 5.54. The Hall–Kier alpha value is -7.82. The highest BCUT2D eigenvalue weighted by Crippen LogP contribution is 2.39. The Morgan fingerprint density at radius 3 is 1.03 bits per heavy atom. The molecule has 0 spiro atoms. The van der Waals surface area contributed by atoms with Gasteiger partial charge in [0.25, 0.3) is 11.1 Å². The molecule has 11 rings (SSSR count). The maximum Gasteiger partial charge on any atom is 0.266 e. The van der Waals surface area contributed by atoms with Gasteiger partial charge >= 0.3 is 0 Å². The molecule has 0 aliphatic heterocycles. The van der Waals surface area contributed by atoms with Gasteiger partial charge in [-0.2, -0.15) is 0 Å². The number of aromatic nitrogens is 1. The SMILES string of the molecule is O=c1c2ccc(-c3cc(-c4ccccc4)cc(-c4ccccc4)c3)cc2c2coc3c4cc(-c5cc(-c6ccccc6)cc(-c6ccccc6)c5)ccc4c(=O)n1c23. The molecule has 4 nitrogen and oxygen atoms in total. The van der Waals surface area contributed by atoms with Gasteiger partial charge in [-0.25, -0.2) is 4.40 Å². The molecule has 0 amide bonds. The van der Waals surface area contributed by atoms with Gasteiger partial charge in [0.15, 0.2) is 5.58 Å². The molecule has 0 radical (unpaired) electrons. The zero-order chi connectivity index (χ0) is 38.7. The predicted molar refractivity (Wildman–Crippen MR) is 239 cm³/mol. The fourth-order valence-corrected chi connectivity index (χ4v) is 8.50. The van der Waals surface area contributed by atoms with Crippen LogP contribution in [0.4, 0.5) is 0 Å². The first-order valence-corrected chi connectivity index (χ1v) is 19.4. The van der Waals surface area contributed by atoms with Gasteiger partial charge in [0, 0.05) is 21.5 Å². The van der Waals surface area contributed by atoms with Crippen LogP contribution in [0.5, 0.6) is 0 Å². The van der Waals surface area contributed by atoms with E-state index in [1.807, 2.05) is 78.9 Å². The standard InChI is InChI=1S/C54H33NO3/c56-53-46-23-21-38(44-27-40(34-13-5-1-6-14-34)25-41(28-44)35-15-7-2-8-16-35)31-48(46)50-33-58-52-49-32-39(22-24-47(49)54(57)55(53)51(50)52)45-29-42(36-17-9-3-10-18-36)26-43(30-45)37-19-11-4-12-20-37/h1-33H. The van der Waals surface area contributed by atoms with Crippen molar-refractivity contribution in [1.82, 2.24) is 4.40 Å². The van der Waals surface area contributed by atoms with Crippen LogP contribution in [0.15, 0.2) is 214 Å². The summed E-state index contributed by atoms with van der Waals surface area (Å²) in [6.45, 7) is 0. The fraction of sp³-hybridized carbons (Fsp3) is 0. The summed E-state index contributed by atoms with van der Waals surface area (Å²) in [5, 5.41) is 3.02. The first-order chi connectivity index (χ1) is 28.6. The van der Waals surface area contributed by atoms with Crippen molar-refractivity contribution in [1.29, 1.82) is 0 Å². The van der Waals surface area contributed by atoms with Crippen molar-refractivity contribution in [2.45, 2.75) is 0 Å². The van der Waals surface area contributed by atoms with E-state index in [-0.39, 0.29) is 11.1 Å². The van der Waals surface area contributed by atoms with E-state index in [4.69, 9.17) is 4.42 Å². The van der Waals surface area contributed by atoms with Crippen LogP contribution in [0.2, 0.25) is 0 Å². The van der Waals surface area contributed by atoms with Gasteiger partial charge in [0.1, 0.15) is 11.8 Å². The maximum absolute atomic E-state index is 14.3. The third-order valence-corrected chi connectivity index (χ3v) is 11.4. The molecule has 272 valence electrons. The minimum atomic E-state index is -0.359. The molecule has 0 fully saturated rings. The number of benzene rings is 8. The highest BCUT2D eigenvalue weighted by atomic mass is 16.3. The monoisotopic (exact) mass is 743 g/mol. The summed E-state index contributed by atoms with van der Waals surface area (Å²) in [5.41, 5.74) is 13.1. The molecule has 0 unspecified atom stereocenters. The average Bonchev–Trinajstić information content (AvgIpc) is 3.75. The zero-order valence-corrected chi connectivity index (χ0v) is 31.2. The minimum absolute atomic E-state index is 0.359. The smallest absolute Gasteiger partial charge is 0.266 e. The topological polar surface area (TPSA) is 51.7 Å². The Bertz CT molecular complexity index is 3120. The van der Waals surface area contributed by atoms with Gasteiger partial charge in [-0.05, 0) is 127 Å². The van der Waals surface area contributed by atoms with Crippen molar-refractivity contribution in [3.63, 3.8) is 0 Å². The number of pyridine rings is 2. The van der Waals surface area contributed by atoms with Crippen LogP contribution in [-0.4, -0.2) is 4.40 Å². The van der Waals surface area contributed by atoms with Crippen molar-refractivity contribution in [3.05, 3.63) is 221 Å². The first kappa shape index (κ1) is 33.5. The molecular formula is C54H33NO3. The average molecular weight is 744 g/mol. The van der Waals surface area contributed by atoms with Gasteiger partial charge in [-0.15, -0.1) is 0 Å². The predicted octanol–water partition coefficient (Wildman–Crippen LogP) is 13.2. The van der Waals surface area contributed by atoms with Gasteiger partial charge < -0.3 is 4.42 Å². The lowest BCUT2D eigenvalue weighted by molar-refractivity contribution is 0.622. The summed E-state index contributed by atoms with van der Waals surface area (Å²) in [6, 6.07) is 66.3. The molecule has 3 heterocycles. The van der Waals surface area contributed by atoms with E-state index in [0.717, 1.165) is 77.5 Å². The van der Waals surface area contributed by atoms with Crippen molar-refractivity contribution in [2.24, 2.45) is 0 Å². The highest BCUT2D eigenvalue weighted by molar-refractivity contribution is 6.17. The van der Waals surface area contributed by atoms with E-state index < -0.39 is 0 Å². The third-order valence-electron chi connectivity index (χ3n) is 11.4. The van der Waals surface area contributed by atoms with Crippen molar-refractivity contribution >= 4 is 38.0 Å². The Morgan fingerprint density at radius 2 is 0.638 bits per heavy atom. The Kier molecular flexibility index (Phi) is 7.76. The number of rotatable bonds is 6. The first-order valence-electron chi connectivity index (χ1n) is 19.4. The number of hydrogen-bond acceptors (Lipinski definition) is 3. The number of hydrogen-bond donors (Lipinski definition) is 0. The number of nitrogens with zero attached hydrogens (tertiary/aromatic N) is 1. The second-order valence-electron chi connectivity index (χ2n) is 14.9. The Balaban J connectivity index is 1.11. The van der Waals surface area contributed by atoms with Crippen LogP contribution >= 0.6 is 0 Å². The summed E-state index contributed by atoms with van der Waals surface area (Å²) in [4.78, 5) is 28.7. The van der Waals surface area contributed by atoms with Crippen LogP contribution < -0.4 is 11.1 Å². The molecule has 3 aromatic heterocycles. The molecule has 4 heteroatoms. The normalized spacial score (nSPS) is 11.6. The number of furan rings is 1. The molecule has 0 atom stereocenters. The second kappa shape index (κ2) is 13.4. The highest BCUT2D eigenvalue weighted by Gasteiger charge is 2.21. The summed E-state index contributed by atoms with van der Waals surface area (Å²) in [5.74, 6) is 0. The maximum atomic E-state index is 14.3. The molecule has 8 aromatic carbocycles. The van der Waals surface area contributed by atoms with Crippen LogP contribution in [0.3, 0.4) is 0 Å². The van der Waals surface area contributed by atoms with Crippen molar-refractivity contribution < 1.29 is 4.42 Å². The van der Waals surface area contributed by atoms with Gasteiger partial charge in [-0.1, -0.05) is 133 Å². The summed E-state index contributed by atoms with van der Waals surface area (Å²) in [6.07, 6.45) is 1.70. The molecule has 0 saturated carbocycles. The molecule has 0 N–H and O–H groups in total. The molecule has 0 bridgehead atoms. The molecule has 0 aliphatic carbocycles. The molecule has 0 aliphatic rings. The lowest BCUT2D eigenvalue weighted by Gasteiger charge is -2.13. The lowest BCUT2D eigenvalue weighted by Crippen LogP contribution is -2.26. The van der Waals surface area contributed by atoms with Crippen molar-refractivity contribution in [3.8, 4) is 66.8 Å². The van der Waals surface area contributed by atoms with Crippen LogP contribution in [0.1, 0.15) is 0 Å². The van der Waals surface area contributed by atoms with Gasteiger partial charge in [0.05, 0.1) is 5.39 Å². The van der Waals surface area contributed by atoms with E-state index in [1.54, 1.807) is 6.26 Å². The Morgan fingerprint density at radius 1 is 0.293 bits per heavy atom. The molecule has 0 saturated heterocycles. The quantitative estimate of drug-likeness (QED) is 0.159. The van der Waals surface area contributed by atoms with E-state index in [0.29, 0.717) is 27.3 Å². The van der Waals surface area contributed by atoms with Crippen LogP contribution in [0, 0.1) is 0 Å². The van der Waals surface area contributed by atoms with Crippen molar-refractivity contribution in [2.75, 3.05) is 0 Å². The minimum Gasteiger partial charge on any atom is -0.461 e. The zero-order valence-electron chi connectivity index (χ0n) is 31.2. The van der Waals surface area contributed by atoms with E-state index >= 15 is 0 Å². The van der Waals surface area contributed by atoms with Gasteiger partial charge in [-0.3, -0.25) is 9.59 Å². The van der Waals surface area contributed by atoms with E-state index in [9.17, 15) is 9.59 Å². The summed E-state index contributed by atoms with van der Waals surface area (Å²) < 4.78 is 7.70. The van der Waals surface area contributed by atoms with Gasteiger partial charge in [0.2, 0.25) is 0 Å². The molecule has 58 heavy (non-hydrogen) atoms. The molecular weight excluding hydrogens is 711 g/mol. The summed E-state index contributed by atoms with van der Waals surface area (Å²) in [7, 11) is 0.